The standard InChI is InChI=1S/C17H24ClNO/c1-3-13-6-9-17(20)15(10-13)12-19(2)11-14-4-7-16(18)8-5-14/h4-5,7-8,13,15H,3,6,9-12H2,1-2H3. The van der Waals surface area contributed by atoms with Crippen LogP contribution in [0.15, 0.2) is 24.3 Å². The van der Waals surface area contributed by atoms with E-state index in [1.54, 1.807) is 0 Å². The number of Topliss-reactive ketones (excluding diaryl/α,β-unsaturated/α-hetero) is 1. The van der Waals surface area contributed by atoms with Gasteiger partial charge in [0, 0.05) is 30.5 Å². The van der Waals surface area contributed by atoms with Crippen molar-refractivity contribution < 1.29 is 4.79 Å². The van der Waals surface area contributed by atoms with Gasteiger partial charge in [0.1, 0.15) is 5.78 Å². The van der Waals surface area contributed by atoms with Gasteiger partial charge in [-0.05, 0) is 43.5 Å². The average Bonchev–Trinajstić information content (AvgIpc) is 2.44. The number of nitrogens with zero attached hydrogens (tertiary/aromatic N) is 1. The Balaban J connectivity index is 1.88. The lowest BCUT2D eigenvalue weighted by molar-refractivity contribution is -0.126. The van der Waals surface area contributed by atoms with Crippen molar-refractivity contribution in [2.24, 2.45) is 11.8 Å². The summed E-state index contributed by atoms with van der Waals surface area (Å²) in [5.41, 5.74) is 1.24. The van der Waals surface area contributed by atoms with Crippen molar-refractivity contribution in [2.45, 2.75) is 39.2 Å². The molecule has 2 atom stereocenters. The highest BCUT2D eigenvalue weighted by Gasteiger charge is 2.28. The summed E-state index contributed by atoms with van der Waals surface area (Å²) < 4.78 is 0. The molecule has 110 valence electrons. The Kier molecular flexibility index (Phi) is 5.62. The number of hydrogen-bond acceptors (Lipinski definition) is 2. The molecule has 0 radical (unpaired) electrons. The third kappa shape index (κ3) is 4.32. The molecule has 1 aliphatic carbocycles. The largest absolute Gasteiger partial charge is 0.301 e. The molecule has 0 heterocycles. The molecule has 0 bridgehead atoms. The molecule has 0 saturated heterocycles. The normalized spacial score (nSPS) is 23.3. The van der Waals surface area contributed by atoms with Crippen LogP contribution < -0.4 is 0 Å². The van der Waals surface area contributed by atoms with Gasteiger partial charge in [-0.25, -0.2) is 0 Å². The molecule has 20 heavy (non-hydrogen) atoms. The molecule has 1 aromatic carbocycles. The molecule has 2 unspecified atom stereocenters. The van der Waals surface area contributed by atoms with Crippen LogP contribution in [0.5, 0.6) is 0 Å². The predicted octanol–water partition coefficient (Wildman–Crippen LogP) is 4.17. The Morgan fingerprint density at radius 3 is 2.65 bits per heavy atom. The topological polar surface area (TPSA) is 20.3 Å². The monoisotopic (exact) mass is 293 g/mol. The molecule has 1 saturated carbocycles. The molecule has 2 rings (SSSR count). The molecule has 1 aromatic rings. The highest BCUT2D eigenvalue weighted by atomic mass is 35.5. The van der Waals surface area contributed by atoms with Crippen LogP contribution in [0.1, 0.15) is 38.2 Å². The third-order valence-electron chi connectivity index (χ3n) is 4.35. The van der Waals surface area contributed by atoms with Gasteiger partial charge in [-0.1, -0.05) is 37.1 Å². The summed E-state index contributed by atoms with van der Waals surface area (Å²) in [5.74, 6) is 1.42. The number of halogens is 1. The molecule has 1 aliphatic rings. The van der Waals surface area contributed by atoms with E-state index in [1.807, 2.05) is 12.1 Å². The summed E-state index contributed by atoms with van der Waals surface area (Å²) in [4.78, 5) is 14.3. The fourth-order valence-electron chi connectivity index (χ4n) is 3.09. The Morgan fingerprint density at radius 2 is 2.00 bits per heavy atom. The molecule has 0 N–H and O–H groups in total. The molecular formula is C17H24ClNO. The smallest absolute Gasteiger partial charge is 0.137 e. The Bertz CT molecular complexity index is 443. The maximum atomic E-state index is 12.0. The lowest BCUT2D eigenvalue weighted by Crippen LogP contribution is -2.34. The van der Waals surface area contributed by atoms with Crippen molar-refractivity contribution in [3.8, 4) is 0 Å². The van der Waals surface area contributed by atoms with Crippen molar-refractivity contribution in [2.75, 3.05) is 13.6 Å². The number of ketones is 1. The molecule has 0 spiro atoms. The van der Waals surface area contributed by atoms with Gasteiger partial charge >= 0.3 is 0 Å². The Labute approximate surface area is 127 Å². The van der Waals surface area contributed by atoms with Gasteiger partial charge in [0.2, 0.25) is 0 Å². The minimum Gasteiger partial charge on any atom is -0.301 e. The number of rotatable bonds is 5. The maximum absolute atomic E-state index is 12.0. The Morgan fingerprint density at radius 1 is 1.30 bits per heavy atom. The third-order valence-corrected chi connectivity index (χ3v) is 4.60. The zero-order chi connectivity index (χ0) is 14.5. The van der Waals surface area contributed by atoms with Crippen LogP contribution in [0.25, 0.3) is 0 Å². The first-order chi connectivity index (χ1) is 9.58. The molecule has 2 nitrogen and oxygen atoms in total. The van der Waals surface area contributed by atoms with E-state index in [4.69, 9.17) is 11.6 Å². The van der Waals surface area contributed by atoms with Crippen molar-refractivity contribution in [1.29, 1.82) is 0 Å². The molecule has 3 heteroatoms. The van der Waals surface area contributed by atoms with Gasteiger partial charge in [-0.2, -0.15) is 0 Å². The molecule has 1 fully saturated rings. The van der Waals surface area contributed by atoms with E-state index in [1.165, 1.54) is 12.0 Å². The van der Waals surface area contributed by atoms with E-state index in [-0.39, 0.29) is 5.92 Å². The summed E-state index contributed by atoms with van der Waals surface area (Å²) in [7, 11) is 2.09. The van der Waals surface area contributed by atoms with Crippen LogP contribution in [0, 0.1) is 11.8 Å². The minimum absolute atomic E-state index is 0.228. The first kappa shape index (κ1) is 15.5. The molecule has 0 aromatic heterocycles. The van der Waals surface area contributed by atoms with Gasteiger partial charge < -0.3 is 4.90 Å². The summed E-state index contributed by atoms with van der Waals surface area (Å²) >= 11 is 5.90. The number of benzene rings is 1. The van der Waals surface area contributed by atoms with E-state index in [2.05, 4.69) is 31.0 Å². The van der Waals surface area contributed by atoms with Crippen molar-refractivity contribution in [1.82, 2.24) is 4.90 Å². The SMILES string of the molecule is CCC1CCC(=O)C(CN(C)Cc2ccc(Cl)cc2)C1. The molecule has 0 aliphatic heterocycles. The van der Waals surface area contributed by atoms with Crippen molar-refractivity contribution >= 4 is 17.4 Å². The van der Waals surface area contributed by atoms with Crippen LogP contribution in [0.3, 0.4) is 0 Å². The maximum Gasteiger partial charge on any atom is 0.137 e. The zero-order valence-corrected chi connectivity index (χ0v) is 13.2. The summed E-state index contributed by atoms with van der Waals surface area (Å²) in [6, 6.07) is 7.94. The van der Waals surface area contributed by atoms with Gasteiger partial charge in [0.25, 0.3) is 0 Å². The molecular weight excluding hydrogens is 270 g/mol. The minimum atomic E-state index is 0.228. The number of hydrogen-bond donors (Lipinski definition) is 0. The van der Waals surface area contributed by atoms with E-state index in [0.717, 1.165) is 43.3 Å². The fourth-order valence-corrected chi connectivity index (χ4v) is 3.22. The highest BCUT2D eigenvalue weighted by Crippen LogP contribution is 2.29. The number of carbonyl (C=O) groups is 1. The quantitative estimate of drug-likeness (QED) is 0.812. The van der Waals surface area contributed by atoms with Crippen molar-refractivity contribution in [3.63, 3.8) is 0 Å². The second-order valence-electron chi connectivity index (χ2n) is 6.04. The average molecular weight is 294 g/mol. The first-order valence-corrected chi connectivity index (χ1v) is 7.92. The summed E-state index contributed by atoms with van der Waals surface area (Å²) in [5, 5.41) is 0.768. The predicted molar refractivity (Wildman–Crippen MR) is 83.9 cm³/mol. The van der Waals surface area contributed by atoms with Crippen molar-refractivity contribution in [3.05, 3.63) is 34.9 Å². The van der Waals surface area contributed by atoms with E-state index in [9.17, 15) is 4.79 Å². The van der Waals surface area contributed by atoms with Crippen LogP contribution in [0.4, 0.5) is 0 Å². The van der Waals surface area contributed by atoms with Crippen LogP contribution >= 0.6 is 11.6 Å². The van der Waals surface area contributed by atoms with Crippen LogP contribution in [-0.4, -0.2) is 24.3 Å². The fraction of sp³-hybridized carbons (Fsp3) is 0.588. The molecule has 0 amide bonds. The van der Waals surface area contributed by atoms with Gasteiger partial charge in [-0.3, -0.25) is 4.79 Å². The van der Waals surface area contributed by atoms with Gasteiger partial charge in [-0.15, -0.1) is 0 Å². The van der Waals surface area contributed by atoms with Crippen LogP contribution in [-0.2, 0) is 11.3 Å². The number of carbonyl (C=O) groups excluding carboxylic acids is 1. The first-order valence-electron chi connectivity index (χ1n) is 7.54. The van der Waals surface area contributed by atoms with E-state index < -0.39 is 0 Å². The highest BCUT2D eigenvalue weighted by molar-refractivity contribution is 6.30. The van der Waals surface area contributed by atoms with E-state index in [0.29, 0.717) is 5.78 Å². The summed E-state index contributed by atoms with van der Waals surface area (Å²) in [6.45, 7) is 3.98. The lowest BCUT2D eigenvalue weighted by atomic mass is 9.79. The van der Waals surface area contributed by atoms with E-state index >= 15 is 0 Å². The van der Waals surface area contributed by atoms with Gasteiger partial charge in [0.05, 0.1) is 0 Å². The van der Waals surface area contributed by atoms with Gasteiger partial charge in [0.15, 0.2) is 0 Å². The zero-order valence-electron chi connectivity index (χ0n) is 12.4. The Hall–Kier alpha value is -0.860. The second-order valence-corrected chi connectivity index (χ2v) is 6.47. The summed E-state index contributed by atoms with van der Waals surface area (Å²) in [6.07, 6.45) is 4.13. The second kappa shape index (κ2) is 7.24. The van der Waals surface area contributed by atoms with Crippen LogP contribution in [0.2, 0.25) is 5.02 Å². The lowest BCUT2D eigenvalue weighted by Gasteiger charge is -2.30.